The van der Waals surface area contributed by atoms with E-state index in [2.05, 4.69) is 15.4 Å². The minimum Gasteiger partial charge on any atom is -0.455 e. The second kappa shape index (κ2) is 8.73. The van der Waals surface area contributed by atoms with E-state index in [9.17, 15) is 9.59 Å². The van der Waals surface area contributed by atoms with E-state index in [1.54, 1.807) is 29.1 Å². The molecule has 0 aliphatic heterocycles. The average molecular weight is 415 g/mol. The zero-order valence-corrected chi connectivity index (χ0v) is 18.0. The maximum Gasteiger partial charge on any atom is 0.312 e. The van der Waals surface area contributed by atoms with Crippen LogP contribution >= 0.6 is 11.3 Å². The van der Waals surface area contributed by atoms with Crippen LogP contribution < -0.4 is 5.32 Å². The maximum atomic E-state index is 12.9. The highest BCUT2D eigenvalue weighted by Crippen LogP contribution is 2.35. The van der Waals surface area contributed by atoms with Gasteiger partial charge in [-0.1, -0.05) is 26.0 Å². The fraction of sp³-hybridized carbons (Fsp3) is 0.429. The van der Waals surface area contributed by atoms with Crippen LogP contribution in [-0.2, 0) is 27.8 Å². The quantitative estimate of drug-likeness (QED) is 0.566. The molecule has 2 aromatic heterocycles. The predicted molar refractivity (Wildman–Crippen MR) is 114 cm³/mol. The number of anilines is 1. The molecule has 0 spiro atoms. The average Bonchev–Trinajstić information content (AvgIpc) is 3.25. The molecule has 154 valence electrons. The number of thiazole rings is 1. The van der Waals surface area contributed by atoms with Crippen molar-refractivity contribution in [2.45, 2.75) is 40.0 Å². The Labute approximate surface area is 174 Å². The topological polar surface area (TPSA) is 86.1 Å². The third-order valence-electron chi connectivity index (χ3n) is 5.22. The molecule has 0 bridgehead atoms. The molecule has 0 radical (unpaired) electrons. The number of benzene rings is 1. The number of ether oxygens (including phenoxy) is 1. The molecule has 1 amide bonds. The smallest absolute Gasteiger partial charge is 0.312 e. The van der Waals surface area contributed by atoms with Crippen molar-refractivity contribution in [3.8, 4) is 0 Å². The Morgan fingerprint density at radius 2 is 1.97 bits per heavy atom. The number of hydrogen-bond acceptors (Lipinski definition) is 6. The summed E-state index contributed by atoms with van der Waals surface area (Å²) in [6.07, 6.45) is 1.72. The van der Waals surface area contributed by atoms with Crippen LogP contribution in [0.1, 0.15) is 37.4 Å². The van der Waals surface area contributed by atoms with E-state index in [-0.39, 0.29) is 18.5 Å². The molecule has 2 heterocycles. The monoisotopic (exact) mass is 414 g/mol. The molecule has 0 unspecified atom stereocenters. The minimum absolute atomic E-state index is 0.329. The van der Waals surface area contributed by atoms with E-state index in [0.717, 1.165) is 20.9 Å². The van der Waals surface area contributed by atoms with Crippen LogP contribution in [0.5, 0.6) is 0 Å². The summed E-state index contributed by atoms with van der Waals surface area (Å²) in [7, 11) is 1.74. The molecule has 3 rings (SSSR count). The van der Waals surface area contributed by atoms with Gasteiger partial charge < -0.3 is 10.1 Å². The van der Waals surface area contributed by atoms with Gasteiger partial charge in [-0.05, 0) is 31.9 Å². The second-order valence-electron chi connectivity index (χ2n) is 7.16. The Morgan fingerprint density at radius 1 is 1.24 bits per heavy atom. The van der Waals surface area contributed by atoms with E-state index in [1.807, 2.05) is 45.0 Å². The van der Waals surface area contributed by atoms with Crippen molar-refractivity contribution in [2.75, 3.05) is 11.9 Å². The number of hydrogen-bond donors (Lipinski definition) is 1. The molecule has 1 aromatic carbocycles. The Morgan fingerprint density at radius 3 is 2.59 bits per heavy atom. The minimum atomic E-state index is -0.697. The van der Waals surface area contributed by atoms with Gasteiger partial charge in [0, 0.05) is 19.5 Å². The molecule has 0 fully saturated rings. The van der Waals surface area contributed by atoms with Crippen molar-refractivity contribution in [1.82, 2.24) is 14.8 Å². The first-order valence-corrected chi connectivity index (χ1v) is 10.5. The Balaban J connectivity index is 1.66. The first-order chi connectivity index (χ1) is 13.9. The van der Waals surface area contributed by atoms with Crippen LogP contribution in [0, 0.1) is 12.3 Å². The first-order valence-electron chi connectivity index (χ1n) is 9.69. The molecule has 0 saturated heterocycles. The van der Waals surface area contributed by atoms with Gasteiger partial charge >= 0.3 is 5.97 Å². The third-order valence-corrected chi connectivity index (χ3v) is 6.25. The molecule has 0 aliphatic rings. The number of fused-ring (bicyclic) bond motifs is 1. The van der Waals surface area contributed by atoms with E-state index >= 15 is 0 Å². The fourth-order valence-corrected chi connectivity index (χ4v) is 4.45. The van der Waals surface area contributed by atoms with Crippen LogP contribution in [0.25, 0.3) is 10.2 Å². The lowest BCUT2D eigenvalue weighted by molar-refractivity contribution is -0.158. The van der Waals surface area contributed by atoms with Gasteiger partial charge in [0.25, 0.3) is 5.91 Å². The summed E-state index contributed by atoms with van der Waals surface area (Å²) in [6.45, 7) is 5.45. The molecule has 0 saturated carbocycles. The van der Waals surface area contributed by atoms with Gasteiger partial charge in [0.1, 0.15) is 5.82 Å². The Kier molecular flexibility index (Phi) is 6.32. The van der Waals surface area contributed by atoms with E-state index < -0.39 is 5.41 Å². The lowest BCUT2D eigenvalue weighted by Crippen LogP contribution is -2.36. The largest absolute Gasteiger partial charge is 0.455 e. The van der Waals surface area contributed by atoms with Crippen molar-refractivity contribution in [3.05, 3.63) is 41.0 Å². The van der Waals surface area contributed by atoms with Crippen LogP contribution in [0.15, 0.2) is 30.3 Å². The summed E-state index contributed by atoms with van der Waals surface area (Å²) in [5, 5.41) is 7.80. The number of aryl methyl sites for hydroxylation is 2. The van der Waals surface area contributed by atoms with Crippen LogP contribution in [0.4, 0.5) is 5.82 Å². The summed E-state index contributed by atoms with van der Waals surface area (Å²) in [4.78, 5) is 29.8. The molecule has 3 aromatic rings. The standard InChI is InChI=1S/C21H26N4O3S/c1-5-21(6-2,12-19-22-15-9-7-8-10-16(15)29-19)20(27)28-13-18(26)23-17-11-14(3)24-25(17)4/h7-11H,5-6,12-13H2,1-4H3,(H,23,26). The zero-order chi connectivity index (χ0) is 21.0. The summed E-state index contributed by atoms with van der Waals surface area (Å²) in [5.74, 6) is -0.184. The van der Waals surface area contributed by atoms with Crippen molar-refractivity contribution in [3.63, 3.8) is 0 Å². The normalized spacial score (nSPS) is 11.6. The zero-order valence-electron chi connectivity index (χ0n) is 17.2. The lowest BCUT2D eigenvalue weighted by atomic mass is 9.79. The summed E-state index contributed by atoms with van der Waals surface area (Å²) >= 11 is 1.59. The van der Waals surface area contributed by atoms with Gasteiger partial charge in [0.05, 0.1) is 26.3 Å². The maximum absolute atomic E-state index is 12.9. The SMILES string of the molecule is CCC(CC)(Cc1nc2ccccc2s1)C(=O)OCC(=O)Nc1cc(C)nn1C. The fourth-order valence-electron chi connectivity index (χ4n) is 3.34. The molecule has 29 heavy (non-hydrogen) atoms. The molecule has 0 atom stereocenters. The van der Waals surface area contributed by atoms with Gasteiger partial charge in [-0.25, -0.2) is 4.98 Å². The predicted octanol–water partition coefficient (Wildman–Crippen LogP) is 3.87. The van der Waals surface area contributed by atoms with Crippen molar-refractivity contribution < 1.29 is 14.3 Å². The summed E-state index contributed by atoms with van der Waals surface area (Å²) in [5.41, 5.74) is 1.04. The highest BCUT2D eigenvalue weighted by Gasteiger charge is 2.38. The highest BCUT2D eigenvalue weighted by molar-refractivity contribution is 7.18. The molecule has 7 nitrogen and oxygen atoms in total. The summed E-state index contributed by atoms with van der Waals surface area (Å²) in [6, 6.07) is 9.69. The van der Waals surface area contributed by atoms with E-state index in [4.69, 9.17) is 4.74 Å². The molecule has 8 heteroatoms. The Hall–Kier alpha value is -2.74. The number of para-hydroxylation sites is 1. The number of amides is 1. The van der Waals surface area contributed by atoms with Crippen LogP contribution in [0.2, 0.25) is 0 Å². The number of nitrogens with zero attached hydrogens (tertiary/aromatic N) is 3. The number of carbonyl (C=O) groups excluding carboxylic acids is 2. The van der Waals surface area contributed by atoms with Crippen molar-refractivity contribution in [2.24, 2.45) is 12.5 Å². The molecule has 1 N–H and O–H groups in total. The first kappa shape index (κ1) is 21.0. The highest BCUT2D eigenvalue weighted by atomic mass is 32.1. The van der Waals surface area contributed by atoms with Gasteiger partial charge in [0.2, 0.25) is 0 Å². The number of rotatable bonds is 8. The molecular weight excluding hydrogens is 388 g/mol. The lowest BCUT2D eigenvalue weighted by Gasteiger charge is -2.28. The number of esters is 1. The summed E-state index contributed by atoms with van der Waals surface area (Å²) < 4.78 is 8.09. The van der Waals surface area contributed by atoms with Crippen molar-refractivity contribution in [1.29, 1.82) is 0 Å². The second-order valence-corrected chi connectivity index (χ2v) is 8.27. The number of carbonyl (C=O) groups is 2. The number of nitrogens with one attached hydrogen (secondary N) is 1. The van der Waals surface area contributed by atoms with E-state index in [1.165, 1.54) is 0 Å². The van der Waals surface area contributed by atoms with Gasteiger partial charge in [-0.3, -0.25) is 14.3 Å². The van der Waals surface area contributed by atoms with E-state index in [0.29, 0.717) is 25.1 Å². The van der Waals surface area contributed by atoms with Gasteiger partial charge in [-0.15, -0.1) is 11.3 Å². The Bertz CT molecular complexity index is 987. The van der Waals surface area contributed by atoms with Crippen LogP contribution in [0.3, 0.4) is 0 Å². The third kappa shape index (κ3) is 4.64. The van der Waals surface area contributed by atoms with Crippen molar-refractivity contribution >= 4 is 39.2 Å². The van der Waals surface area contributed by atoms with Gasteiger partial charge in [0.15, 0.2) is 6.61 Å². The number of aromatic nitrogens is 3. The molecular formula is C21H26N4O3S. The van der Waals surface area contributed by atoms with Gasteiger partial charge in [-0.2, -0.15) is 5.10 Å². The molecule has 0 aliphatic carbocycles. The van der Waals surface area contributed by atoms with Crippen LogP contribution in [-0.4, -0.2) is 33.2 Å².